The molecular formula is C42H62N10O9S. The van der Waals surface area contributed by atoms with Gasteiger partial charge in [-0.25, -0.2) is 0 Å². The summed E-state index contributed by atoms with van der Waals surface area (Å²) >= 11 is 1.48. The summed E-state index contributed by atoms with van der Waals surface area (Å²) in [5, 5.41) is 18.5. The molecule has 19 nitrogen and oxygen atoms in total. The van der Waals surface area contributed by atoms with E-state index in [-0.39, 0.29) is 50.9 Å². The van der Waals surface area contributed by atoms with Crippen molar-refractivity contribution in [2.75, 3.05) is 25.6 Å². The van der Waals surface area contributed by atoms with Crippen molar-refractivity contribution in [3.8, 4) is 0 Å². The van der Waals surface area contributed by atoms with Gasteiger partial charge in [0.2, 0.25) is 53.2 Å². The van der Waals surface area contributed by atoms with Crippen LogP contribution in [0.3, 0.4) is 0 Å². The quantitative estimate of drug-likeness (QED) is 0.0445. The van der Waals surface area contributed by atoms with Crippen molar-refractivity contribution in [3.05, 3.63) is 71.8 Å². The van der Waals surface area contributed by atoms with Gasteiger partial charge in [-0.3, -0.25) is 43.2 Å². The maximum atomic E-state index is 14.2. The maximum absolute atomic E-state index is 14.2. The lowest BCUT2D eigenvalue weighted by molar-refractivity contribution is -0.134. The number of hydrogen-bond donors (Lipinski definition) is 10. The molecule has 0 spiro atoms. The first-order chi connectivity index (χ1) is 29.4. The van der Waals surface area contributed by atoms with Crippen LogP contribution in [0.1, 0.15) is 63.5 Å². The Morgan fingerprint density at radius 1 is 0.548 bits per heavy atom. The molecule has 6 atom stereocenters. The van der Waals surface area contributed by atoms with E-state index in [1.54, 1.807) is 60.7 Å². The Kier molecular flexibility index (Phi) is 23.3. The molecule has 0 saturated heterocycles. The summed E-state index contributed by atoms with van der Waals surface area (Å²) in [4.78, 5) is 117. The molecule has 0 bridgehead atoms. The molecule has 0 saturated carbocycles. The van der Waals surface area contributed by atoms with Crippen molar-refractivity contribution >= 4 is 64.9 Å². The van der Waals surface area contributed by atoms with E-state index in [0.717, 1.165) is 0 Å². The predicted molar refractivity (Wildman–Crippen MR) is 234 cm³/mol. The number of benzene rings is 2. The molecule has 0 fully saturated rings. The van der Waals surface area contributed by atoms with Gasteiger partial charge in [0.25, 0.3) is 0 Å². The number of nitrogens with two attached hydrogens (primary N) is 3. The zero-order valence-electron chi connectivity index (χ0n) is 35.7. The number of thioether (sulfide) groups is 1. The summed E-state index contributed by atoms with van der Waals surface area (Å²) < 4.78 is 0. The summed E-state index contributed by atoms with van der Waals surface area (Å²) in [6, 6.07) is 10.6. The van der Waals surface area contributed by atoms with Crippen LogP contribution in [0.2, 0.25) is 0 Å². The standard InChI is InChI=1S/C42H62N10O9S/c1-25(2)21-31(41(60)49-28(37(45)56)19-20-62-4)48-36(55)24-47-38(57)32(22-26-11-7-5-8-12-26)51-42(61)33(23-27-13-9-6-10-14-27)52-40(59)30(16-18-35(44)54)50-39(58)29(46-3)15-17-34(43)53/h5-14,25,28-33,46H,15-24H2,1-4H3,(H2,43,53)(H2,44,54)(H2,45,56)(H,47,57)(H,48,55)(H,49,60)(H,50,58)(H,51,61)(H,52,59)/t28?,29-,30?,31?,32?,33-/m0/s1. The van der Waals surface area contributed by atoms with Crippen LogP contribution in [-0.4, -0.2) is 115 Å². The fraction of sp³-hybridized carbons (Fsp3) is 0.500. The first-order valence-electron chi connectivity index (χ1n) is 20.3. The van der Waals surface area contributed by atoms with Crippen molar-refractivity contribution in [1.82, 2.24) is 37.2 Å². The topological polar surface area (TPSA) is 316 Å². The van der Waals surface area contributed by atoms with Gasteiger partial charge < -0.3 is 54.4 Å². The van der Waals surface area contributed by atoms with E-state index in [0.29, 0.717) is 23.3 Å². The summed E-state index contributed by atoms with van der Waals surface area (Å²) in [6.07, 6.45) is 1.69. The van der Waals surface area contributed by atoms with Crippen molar-refractivity contribution in [2.24, 2.45) is 23.1 Å². The number of carbonyl (C=O) groups excluding carboxylic acids is 9. The third kappa shape index (κ3) is 20.0. The molecule has 0 heterocycles. The van der Waals surface area contributed by atoms with Gasteiger partial charge in [-0.1, -0.05) is 74.5 Å². The highest BCUT2D eigenvalue weighted by molar-refractivity contribution is 7.98. The SMILES string of the molecule is CN[C@@H](CCC(N)=O)C(=O)NC(CCC(N)=O)C(=O)N[C@@H](Cc1ccccc1)C(=O)NC(Cc1ccccc1)C(=O)NCC(=O)NC(CC(C)C)C(=O)NC(CCSC)C(N)=O. The number of likely N-dealkylation sites (N-methyl/N-ethyl adjacent to an activating group) is 1. The lowest BCUT2D eigenvalue weighted by atomic mass is 10.0. The monoisotopic (exact) mass is 882 g/mol. The highest BCUT2D eigenvalue weighted by Gasteiger charge is 2.32. The Hall–Kier alpha value is -6.02. The number of amides is 9. The van der Waals surface area contributed by atoms with Gasteiger partial charge in [0, 0.05) is 25.7 Å². The third-order valence-electron chi connectivity index (χ3n) is 9.54. The van der Waals surface area contributed by atoms with Crippen LogP contribution >= 0.6 is 11.8 Å². The van der Waals surface area contributed by atoms with Crippen LogP contribution in [0.25, 0.3) is 0 Å². The smallest absolute Gasteiger partial charge is 0.243 e. The van der Waals surface area contributed by atoms with Crippen LogP contribution in [-0.2, 0) is 56.0 Å². The lowest BCUT2D eigenvalue weighted by Crippen LogP contribution is -2.59. The zero-order chi connectivity index (χ0) is 46.2. The number of hydrogen-bond acceptors (Lipinski definition) is 11. The molecule has 0 radical (unpaired) electrons. The Labute approximate surface area is 366 Å². The predicted octanol–water partition coefficient (Wildman–Crippen LogP) is -1.58. The van der Waals surface area contributed by atoms with Gasteiger partial charge in [0.15, 0.2) is 0 Å². The third-order valence-corrected chi connectivity index (χ3v) is 10.2. The van der Waals surface area contributed by atoms with Gasteiger partial charge >= 0.3 is 0 Å². The van der Waals surface area contributed by atoms with E-state index in [1.165, 1.54) is 18.8 Å². The Balaban J connectivity index is 2.35. The first-order valence-corrected chi connectivity index (χ1v) is 21.7. The number of rotatable bonds is 29. The Morgan fingerprint density at radius 3 is 1.45 bits per heavy atom. The Bertz CT molecular complexity index is 1820. The fourth-order valence-electron chi connectivity index (χ4n) is 6.22. The molecule has 340 valence electrons. The minimum Gasteiger partial charge on any atom is -0.370 e. The maximum Gasteiger partial charge on any atom is 0.243 e. The van der Waals surface area contributed by atoms with Crippen LogP contribution < -0.4 is 54.4 Å². The average Bonchev–Trinajstić information content (AvgIpc) is 3.22. The van der Waals surface area contributed by atoms with Crippen molar-refractivity contribution in [3.63, 3.8) is 0 Å². The summed E-state index contributed by atoms with van der Waals surface area (Å²) in [5.74, 6) is -5.90. The molecule has 62 heavy (non-hydrogen) atoms. The summed E-state index contributed by atoms with van der Waals surface area (Å²) in [7, 11) is 1.48. The molecule has 13 N–H and O–H groups in total. The highest BCUT2D eigenvalue weighted by Crippen LogP contribution is 2.10. The second kappa shape index (κ2) is 27.8. The molecule has 2 aromatic carbocycles. The van der Waals surface area contributed by atoms with Gasteiger partial charge in [-0.15, -0.1) is 0 Å². The molecule has 0 aliphatic carbocycles. The highest BCUT2D eigenvalue weighted by atomic mass is 32.2. The molecule has 2 rings (SSSR count). The second-order valence-corrected chi connectivity index (χ2v) is 16.1. The largest absolute Gasteiger partial charge is 0.370 e. The molecule has 0 aromatic heterocycles. The second-order valence-electron chi connectivity index (χ2n) is 15.1. The summed E-state index contributed by atoms with van der Waals surface area (Å²) in [5.41, 5.74) is 17.4. The van der Waals surface area contributed by atoms with Crippen LogP contribution in [0.15, 0.2) is 60.7 Å². The zero-order valence-corrected chi connectivity index (χ0v) is 36.5. The molecule has 9 amide bonds. The van der Waals surface area contributed by atoms with Gasteiger partial charge in [0.1, 0.15) is 30.2 Å². The van der Waals surface area contributed by atoms with Gasteiger partial charge in [-0.05, 0) is 61.8 Å². The van der Waals surface area contributed by atoms with Crippen molar-refractivity contribution in [1.29, 1.82) is 0 Å². The minimum absolute atomic E-state index is 0.0248. The molecule has 4 unspecified atom stereocenters. The van der Waals surface area contributed by atoms with E-state index >= 15 is 0 Å². The van der Waals surface area contributed by atoms with E-state index in [1.807, 2.05) is 20.1 Å². The van der Waals surface area contributed by atoms with Crippen LogP contribution in [0, 0.1) is 5.92 Å². The first kappa shape index (κ1) is 52.1. The van der Waals surface area contributed by atoms with Gasteiger partial charge in [-0.2, -0.15) is 11.8 Å². The van der Waals surface area contributed by atoms with Crippen LogP contribution in [0.5, 0.6) is 0 Å². The Morgan fingerprint density at radius 2 is 0.984 bits per heavy atom. The van der Waals surface area contributed by atoms with Gasteiger partial charge in [0.05, 0.1) is 12.6 Å². The number of carbonyl (C=O) groups is 9. The number of primary amides is 3. The average molecular weight is 883 g/mol. The van der Waals surface area contributed by atoms with Crippen molar-refractivity contribution in [2.45, 2.75) is 101 Å². The van der Waals surface area contributed by atoms with E-state index in [2.05, 4.69) is 37.2 Å². The van der Waals surface area contributed by atoms with E-state index in [4.69, 9.17) is 17.2 Å². The van der Waals surface area contributed by atoms with Crippen molar-refractivity contribution < 1.29 is 43.2 Å². The molecular weight excluding hydrogens is 821 g/mol. The normalized spacial score (nSPS) is 13.8. The van der Waals surface area contributed by atoms with E-state index < -0.39 is 96.0 Å². The van der Waals surface area contributed by atoms with E-state index in [9.17, 15) is 43.2 Å². The molecule has 20 heteroatoms. The number of nitrogens with one attached hydrogen (secondary N) is 7. The lowest BCUT2D eigenvalue weighted by Gasteiger charge is -2.26. The summed E-state index contributed by atoms with van der Waals surface area (Å²) in [6.45, 7) is 3.12. The molecule has 0 aliphatic heterocycles. The molecule has 0 aliphatic rings. The molecule has 2 aromatic rings. The van der Waals surface area contributed by atoms with Crippen LogP contribution in [0.4, 0.5) is 0 Å². The minimum atomic E-state index is -1.34. The fourth-order valence-corrected chi connectivity index (χ4v) is 6.69.